The Kier molecular flexibility index (Phi) is 13.2. The Morgan fingerprint density at radius 1 is 1.00 bits per heavy atom. The van der Waals surface area contributed by atoms with Crippen molar-refractivity contribution in [3.8, 4) is 0 Å². The van der Waals surface area contributed by atoms with Gasteiger partial charge in [0.2, 0.25) is 17.7 Å². The minimum atomic E-state index is -1.38. The van der Waals surface area contributed by atoms with Crippen LogP contribution in [0.3, 0.4) is 0 Å². The van der Waals surface area contributed by atoms with Crippen molar-refractivity contribution >= 4 is 35.6 Å². The molecule has 16 nitrogen and oxygen atoms in total. The van der Waals surface area contributed by atoms with E-state index in [9.17, 15) is 29.1 Å². The standard InChI is InChI=1S/C22H37N9O7/c1-11(2)6-15(30-18(34)13(23)8-17(32)33)19(35)31-16(7-12-9-26-10-28-12)20(36)29-14(21(37)38)4-3-5-27-22(24)25/h9-11,13-16H,3-8,23H2,1-2H3,(H,26,28)(H,29,36)(H,30,34)(H,31,35)(H,32,33)(H,37,38)(H4,24,25,27). The summed E-state index contributed by atoms with van der Waals surface area (Å²) in [7, 11) is 0. The minimum absolute atomic E-state index is 0.0239. The van der Waals surface area contributed by atoms with Crippen molar-refractivity contribution in [2.24, 2.45) is 28.1 Å². The number of nitrogens with one attached hydrogen (secondary N) is 4. The number of carbonyl (C=O) groups excluding carboxylic acids is 3. The van der Waals surface area contributed by atoms with Crippen molar-refractivity contribution < 1.29 is 34.2 Å². The fourth-order valence-electron chi connectivity index (χ4n) is 3.39. The van der Waals surface area contributed by atoms with E-state index in [1.54, 1.807) is 13.8 Å². The van der Waals surface area contributed by atoms with Crippen LogP contribution in [0.15, 0.2) is 17.5 Å². The van der Waals surface area contributed by atoms with Gasteiger partial charge in [0.05, 0.1) is 18.8 Å². The van der Waals surface area contributed by atoms with Gasteiger partial charge in [0.15, 0.2) is 5.96 Å². The first kappa shape index (κ1) is 31.8. The number of aliphatic imine (C=N–C) groups is 1. The lowest BCUT2D eigenvalue weighted by atomic mass is 10.0. The molecule has 0 aliphatic carbocycles. The highest BCUT2D eigenvalue weighted by molar-refractivity contribution is 5.94. The number of rotatable bonds is 17. The van der Waals surface area contributed by atoms with Crippen LogP contribution >= 0.6 is 0 Å². The van der Waals surface area contributed by atoms with E-state index in [1.165, 1.54) is 12.5 Å². The van der Waals surface area contributed by atoms with E-state index in [0.29, 0.717) is 5.69 Å². The van der Waals surface area contributed by atoms with Crippen LogP contribution in [0.4, 0.5) is 0 Å². The Balaban J connectivity index is 3.04. The number of amides is 3. The summed E-state index contributed by atoms with van der Waals surface area (Å²) < 4.78 is 0. The van der Waals surface area contributed by atoms with Gasteiger partial charge in [-0.3, -0.25) is 24.2 Å². The summed E-state index contributed by atoms with van der Waals surface area (Å²) in [4.78, 5) is 71.7. The molecule has 0 aromatic carbocycles. The van der Waals surface area contributed by atoms with Crippen molar-refractivity contribution in [2.75, 3.05) is 6.54 Å². The van der Waals surface area contributed by atoms with Gasteiger partial charge in [0.25, 0.3) is 0 Å². The minimum Gasteiger partial charge on any atom is -0.481 e. The highest BCUT2D eigenvalue weighted by Gasteiger charge is 2.31. The van der Waals surface area contributed by atoms with Crippen LogP contribution in [0.2, 0.25) is 0 Å². The van der Waals surface area contributed by atoms with Gasteiger partial charge < -0.3 is 48.3 Å². The smallest absolute Gasteiger partial charge is 0.326 e. The van der Waals surface area contributed by atoms with Crippen LogP contribution in [0.5, 0.6) is 0 Å². The third kappa shape index (κ3) is 12.2. The molecule has 212 valence electrons. The zero-order valence-electron chi connectivity index (χ0n) is 21.3. The fraction of sp³-hybridized carbons (Fsp3) is 0.591. The molecule has 1 aromatic rings. The predicted molar refractivity (Wildman–Crippen MR) is 135 cm³/mol. The first-order valence-corrected chi connectivity index (χ1v) is 11.9. The molecule has 0 aliphatic rings. The average Bonchev–Trinajstić information content (AvgIpc) is 3.32. The maximum Gasteiger partial charge on any atom is 0.326 e. The number of carboxylic acid groups (broad SMARTS) is 2. The number of guanidine groups is 1. The predicted octanol–water partition coefficient (Wildman–Crippen LogP) is -2.61. The quantitative estimate of drug-likeness (QED) is 0.0561. The van der Waals surface area contributed by atoms with E-state index in [-0.39, 0.29) is 44.1 Å². The number of carboxylic acids is 2. The molecule has 0 radical (unpaired) electrons. The molecule has 4 atom stereocenters. The lowest BCUT2D eigenvalue weighted by Gasteiger charge is -2.25. The Bertz CT molecular complexity index is 978. The third-order valence-corrected chi connectivity index (χ3v) is 5.24. The molecule has 1 heterocycles. The molecule has 0 saturated heterocycles. The summed E-state index contributed by atoms with van der Waals surface area (Å²) >= 11 is 0. The van der Waals surface area contributed by atoms with Gasteiger partial charge in [-0.05, 0) is 25.2 Å². The highest BCUT2D eigenvalue weighted by atomic mass is 16.4. The van der Waals surface area contributed by atoms with Crippen LogP contribution in [0.25, 0.3) is 0 Å². The second kappa shape index (κ2) is 15.8. The van der Waals surface area contributed by atoms with E-state index >= 15 is 0 Å². The number of hydrogen-bond donors (Lipinski definition) is 9. The summed E-state index contributed by atoms with van der Waals surface area (Å²) in [6.07, 6.45) is 2.58. The normalized spacial score (nSPS) is 14.0. The van der Waals surface area contributed by atoms with E-state index in [2.05, 4.69) is 30.9 Å². The molecule has 4 unspecified atom stereocenters. The van der Waals surface area contributed by atoms with E-state index in [0.717, 1.165) is 0 Å². The Labute approximate surface area is 219 Å². The number of hydrogen-bond acceptors (Lipinski definition) is 8. The lowest BCUT2D eigenvalue weighted by molar-refractivity contribution is -0.142. The van der Waals surface area contributed by atoms with E-state index < -0.39 is 60.2 Å². The Morgan fingerprint density at radius 3 is 2.13 bits per heavy atom. The Morgan fingerprint density at radius 2 is 1.61 bits per heavy atom. The molecule has 0 aliphatic heterocycles. The molecule has 16 heteroatoms. The zero-order chi connectivity index (χ0) is 28.8. The molecule has 0 spiro atoms. The number of nitrogens with two attached hydrogens (primary N) is 3. The first-order valence-electron chi connectivity index (χ1n) is 11.9. The van der Waals surface area contributed by atoms with Crippen molar-refractivity contribution in [1.29, 1.82) is 0 Å². The molecule has 3 amide bonds. The van der Waals surface area contributed by atoms with Crippen molar-refractivity contribution in [3.05, 3.63) is 18.2 Å². The Hall–Kier alpha value is -4.21. The molecule has 0 bridgehead atoms. The van der Waals surface area contributed by atoms with E-state index in [4.69, 9.17) is 22.3 Å². The second-order valence-corrected chi connectivity index (χ2v) is 9.09. The topological polar surface area (TPSA) is 281 Å². The van der Waals surface area contributed by atoms with Gasteiger partial charge in [-0.2, -0.15) is 0 Å². The maximum atomic E-state index is 13.2. The molecule has 0 fully saturated rings. The maximum absolute atomic E-state index is 13.2. The van der Waals surface area contributed by atoms with Crippen LogP contribution in [-0.2, 0) is 30.4 Å². The van der Waals surface area contributed by atoms with Gasteiger partial charge in [0.1, 0.15) is 18.1 Å². The summed E-state index contributed by atoms with van der Waals surface area (Å²) in [6, 6.07) is -5.02. The molecule has 38 heavy (non-hydrogen) atoms. The average molecular weight is 540 g/mol. The number of carbonyl (C=O) groups is 5. The number of H-pyrrole nitrogens is 1. The van der Waals surface area contributed by atoms with Crippen molar-refractivity contribution in [2.45, 2.75) is 70.1 Å². The number of imidazole rings is 1. The van der Waals surface area contributed by atoms with Gasteiger partial charge in [-0.1, -0.05) is 13.8 Å². The lowest BCUT2D eigenvalue weighted by Crippen LogP contribution is -2.58. The van der Waals surface area contributed by atoms with Crippen LogP contribution in [0, 0.1) is 5.92 Å². The van der Waals surface area contributed by atoms with Gasteiger partial charge in [-0.25, -0.2) is 9.78 Å². The van der Waals surface area contributed by atoms with Crippen LogP contribution < -0.4 is 33.2 Å². The molecule has 12 N–H and O–H groups in total. The number of nitrogens with zero attached hydrogens (tertiary/aromatic N) is 2. The molecular formula is C22H37N9O7. The van der Waals surface area contributed by atoms with Crippen molar-refractivity contribution in [1.82, 2.24) is 25.9 Å². The number of aromatic amines is 1. The van der Waals surface area contributed by atoms with Gasteiger partial charge in [-0.15, -0.1) is 0 Å². The van der Waals surface area contributed by atoms with Crippen molar-refractivity contribution in [3.63, 3.8) is 0 Å². The molecule has 1 rings (SSSR count). The monoisotopic (exact) mass is 539 g/mol. The van der Waals surface area contributed by atoms with E-state index in [1.807, 2.05) is 0 Å². The molecule has 0 saturated carbocycles. The molecular weight excluding hydrogens is 502 g/mol. The highest BCUT2D eigenvalue weighted by Crippen LogP contribution is 2.08. The fourth-order valence-corrected chi connectivity index (χ4v) is 3.39. The first-order chi connectivity index (χ1) is 17.8. The SMILES string of the molecule is CC(C)CC(NC(=O)C(N)CC(=O)O)C(=O)NC(Cc1cnc[nH]1)C(=O)NC(CCCN=C(N)N)C(=O)O. The summed E-state index contributed by atoms with van der Waals surface area (Å²) in [5.74, 6) is -5.12. The molecule has 1 aromatic heterocycles. The largest absolute Gasteiger partial charge is 0.481 e. The second-order valence-electron chi connectivity index (χ2n) is 9.09. The van der Waals surface area contributed by atoms with Crippen LogP contribution in [0.1, 0.15) is 45.2 Å². The van der Waals surface area contributed by atoms with Gasteiger partial charge in [0, 0.05) is 24.9 Å². The zero-order valence-corrected chi connectivity index (χ0v) is 21.3. The van der Waals surface area contributed by atoms with Gasteiger partial charge >= 0.3 is 11.9 Å². The number of aliphatic carboxylic acids is 2. The number of aromatic nitrogens is 2. The van der Waals surface area contributed by atoms with Crippen LogP contribution in [-0.4, -0.2) is 86.5 Å². The summed E-state index contributed by atoms with van der Waals surface area (Å²) in [5, 5.41) is 25.8. The third-order valence-electron chi connectivity index (χ3n) is 5.24. The summed E-state index contributed by atoms with van der Waals surface area (Å²) in [5.41, 5.74) is 16.6. The summed E-state index contributed by atoms with van der Waals surface area (Å²) in [6.45, 7) is 3.77.